The fourth-order valence-corrected chi connectivity index (χ4v) is 2.09. The molecule has 1 atom stereocenters. The van der Waals surface area contributed by atoms with Crippen LogP contribution in [0.4, 0.5) is 0 Å². The lowest BCUT2D eigenvalue weighted by molar-refractivity contribution is 0.250. The van der Waals surface area contributed by atoms with Gasteiger partial charge >= 0.3 is 0 Å². The van der Waals surface area contributed by atoms with E-state index in [2.05, 4.69) is 4.98 Å². The van der Waals surface area contributed by atoms with Gasteiger partial charge in [0.15, 0.2) is 0 Å². The molecular formula is C11H17NO2S. The molecule has 0 spiro atoms. The van der Waals surface area contributed by atoms with Gasteiger partial charge in [-0.05, 0) is 30.0 Å². The van der Waals surface area contributed by atoms with Gasteiger partial charge in [-0.3, -0.25) is 0 Å². The zero-order valence-electron chi connectivity index (χ0n) is 9.10. The Labute approximate surface area is 94.6 Å². The van der Waals surface area contributed by atoms with Crippen molar-refractivity contribution in [2.45, 2.75) is 25.5 Å². The van der Waals surface area contributed by atoms with E-state index in [1.54, 1.807) is 18.0 Å². The van der Waals surface area contributed by atoms with Crippen molar-refractivity contribution >= 4 is 11.8 Å². The number of aryl methyl sites for hydroxylation is 1. The monoisotopic (exact) mass is 227 g/mol. The van der Waals surface area contributed by atoms with Crippen molar-refractivity contribution in [3.63, 3.8) is 0 Å². The molecule has 84 valence electrons. The highest BCUT2D eigenvalue weighted by atomic mass is 32.2. The number of thioether (sulfide) groups is 1. The van der Waals surface area contributed by atoms with Gasteiger partial charge in [-0.15, -0.1) is 11.8 Å². The Morgan fingerprint density at radius 3 is 2.73 bits per heavy atom. The first kappa shape index (κ1) is 12.5. The van der Waals surface area contributed by atoms with E-state index >= 15 is 0 Å². The average molecular weight is 227 g/mol. The zero-order valence-corrected chi connectivity index (χ0v) is 9.92. The number of nitrogens with zero attached hydrogens (tertiary/aromatic N) is 1. The lowest BCUT2D eigenvalue weighted by Crippen LogP contribution is -2.04. The van der Waals surface area contributed by atoms with Crippen LogP contribution in [0.1, 0.15) is 18.1 Å². The van der Waals surface area contributed by atoms with Crippen molar-refractivity contribution in [3.8, 4) is 0 Å². The van der Waals surface area contributed by atoms with Crippen LogP contribution in [0.5, 0.6) is 0 Å². The molecule has 0 aliphatic carbocycles. The van der Waals surface area contributed by atoms with E-state index in [-0.39, 0.29) is 19.1 Å². The van der Waals surface area contributed by atoms with Crippen molar-refractivity contribution in [2.24, 2.45) is 5.92 Å². The molecule has 0 saturated heterocycles. The highest BCUT2D eigenvalue weighted by Crippen LogP contribution is 2.22. The molecule has 0 amide bonds. The summed E-state index contributed by atoms with van der Waals surface area (Å²) in [6.45, 7) is 4.23. The van der Waals surface area contributed by atoms with Crippen LogP contribution in [0, 0.1) is 12.8 Å². The number of aliphatic hydroxyl groups excluding tert-OH is 2. The van der Waals surface area contributed by atoms with E-state index in [9.17, 15) is 0 Å². The zero-order chi connectivity index (χ0) is 11.3. The van der Waals surface area contributed by atoms with Crippen molar-refractivity contribution in [1.82, 2.24) is 4.98 Å². The third-order valence-electron chi connectivity index (χ3n) is 2.09. The molecule has 0 aromatic carbocycles. The third kappa shape index (κ3) is 3.81. The molecule has 0 bridgehead atoms. The van der Waals surface area contributed by atoms with Gasteiger partial charge in [0.05, 0.1) is 11.6 Å². The van der Waals surface area contributed by atoms with E-state index < -0.39 is 0 Å². The molecule has 4 heteroatoms. The van der Waals surface area contributed by atoms with Crippen LogP contribution in [-0.4, -0.2) is 27.6 Å². The number of hydrogen-bond acceptors (Lipinski definition) is 4. The highest BCUT2D eigenvalue weighted by molar-refractivity contribution is 7.99. The Balaban J connectivity index is 2.62. The fourth-order valence-electron chi connectivity index (χ4n) is 1.13. The van der Waals surface area contributed by atoms with Gasteiger partial charge in [-0.1, -0.05) is 6.92 Å². The lowest BCUT2D eigenvalue weighted by Gasteiger charge is -2.09. The predicted molar refractivity (Wildman–Crippen MR) is 61.9 cm³/mol. The maximum Gasteiger partial charge on any atom is 0.0989 e. The maximum absolute atomic E-state index is 8.93. The molecule has 3 nitrogen and oxygen atoms in total. The van der Waals surface area contributed by atoms with Gasteiger partial charge in [0.25, 0.3) is 0 Å². The Morgan fingerprint density at radius 2 is 2.20 bits per heavy atom. The summed E-state index contributed by atoms with van der Waals surface area (Å²) >= 11 is 1.65. The van der Waals surface area contributed by atoms with Crippen LogP contribution in [0.3, 0.4) is 0 Å². The highest BCUT2D eigenvalue weighted by Gasteiger charge is 2.05. The van der Waals surface area contributed by atoms with Crippen LogP contribution in [0.15, 0.2) is 17.3 Å². The largest absolute Gasteiger partial charge is 0.396 e. The summed E-state index contributed by atoms with van der Waals surface area (Å²) in [7, 11) is 0. The number of aliphatic hydroxyl groups is 2. The van der Waals surface area contributed by atoms with Gasteiger partial charge in [0.1, 0.15) is 0 Å². The van der Waals surface area contributed by atoms with Gasteiger partial charge < -0.3 is 10.2 Å². The molecule has 0 aliphatic heterocycles. The van der Waals surface area contributed by atoms with Crippen LogP contribution in [0.25, 0.3) is 0 Å². The minimum absolute atomic E-state index is 0.0336. The Hall–Kier alpha value is -0.580. The topological polar surface area (TPSA) is 53.4 Å². The van der Waals surface area contributed by atoms with Crippen LogP contribution in [0.2, 0.25) is 0 Å². The summed E-state index contributed by atoms with van der Waals surface area (Å²) in [5, 5.41) is 18.8. The third-order valence-corrected chi connectivity index (χ3v) is 3.52. The second kappa shape index (κ2) is 6.10. The molecule has 0 radical (unpaired) electrons. The first-order chi connectivity index (χ1) is 7.17. The molecule has 1 unspecified atom stereocenters. The van der Waals surface area contributed by atoms with Crippen molar-refractivity contribution in [2.75, 3.05) is 12.4 Å². The summed E-state index contributed by atoms with van der Waals surface area (Å²) in [6, 6.07) is 1.94. The molecule has 15 heavy (non-hydrogen) atoms. The van der Waals surface area contributed by atoms with Crippen molar-refractivity contribution in [1.29, 1.82) is 0 Å². The van der Waals surface area contributed by atoms with E-state index in [0.29, 0.717) is 0 Å². The second-order valence-electron chi connectivity index (χ2n) is 3.72. The molecule has 1 aromatic rings. The minimum atomic E-state index is 0.0336. The molecule has 1 aromatic heterocycles. The van der Waals surface area contributed by atoms with E-state index in [0.717, 1.165) is 21.9 Å². The maximum atomic E-state index is 8.93. The Morgan fingerprint density at radius 1 is 1.47 bits per heavy atom. The Kier molecular flexibility index (Phi) is 5.08. The van der Waals surface area contributed by atoms with E-state index in [4.69, 9.17) is 10.2 Å². The van der Waals surface area contributed by atoms with Gasteiger partial charge in [-0.25, -0.2) is 4.98 Å². The smallest absolute Gasteiger partial charge is 0.0989 e. The predicted octanol–water partition coefficient (Wildman–Crippen LogP) is 1.60. The molecule has 2 N–H and O–H groups in total. The minimum Gasteiger partial charge on any atom is -0.396 e. The molecule has 0 saturated carbocycles. The summed E-state index contributed by atoms with van der Waals surface area (Å²) in [5.74, 6) is 1.15. The van der Waals surface area contributed by atoms with E-state index in [1.165, 1.54) is 0 Å². The van der Waals surface area contributed by atoms with Crippen molar-refractivity contribution in [3.05, 3.63) is 23.4 Å². The molecular weight excluding hydrogens is 210 g/mol. The fraction of sp³-hybridized carbons (Fsp3) is 0.545. The number of aromatic nitrogens is 1. The van der Waals surface area contributed by atoms with Gasteiger partial charge in [0, 0.05) is 18.6 Å². The normalized spacial score (nSPS) is 12.8. The summed E-state index contributed by atoms with van der Waals surface area (Å²) in [5.41, 5.74) is 1.92. The summed E-state index contributed by atoms with van der Waals surface area (Å²) in [4.78, 5) is 4.28. The molecule has 1 heterocycles. The first-order valence-electron chi connectivity index (χ1n) is 4.97. The Bertz CT molecular complexity index is 317. The quantitative estimate of drug-likeness (QED) is 0.750. The summed E-state index contributed by atoms with van der Waals surface area (Å²) < 4.78 is 0. The molecule has 0 aliphatic rings. The SMILES string of the molecule is Cc1cc(CO)cnc1SCC(C)CO. The number of hydrogen-bond donors (Lipinski definition) is 2. The molecule has 0 fully saturated rings. The standard InChI is InChI=1S/C11H17NO2S/c1-8(5-13)7-15-11-9(2)3-10(6-14)4-12-11/h3-4,8,13-14H,5-7H2,1-2H3. The van der Waals surface area contributed by atoms with E-state index in [1.807, 2.05) is 19.9 Å². The lowest BCUT2D eigenvalue weighted by atomic mass is 10.2. The summed E-state index contributed by atoms with van der Waals surface area (Å²) in [6.07, 6.45) is 1.69. The number of rotatable bonds is 5. The molecule has 1 rings (SSSR count). The van der Waals surface area contributed by atoms with Gasteiger partial charge in [0.2, 0.25) is 0 Å². The average Bonchev–Trinajstić information content (AvgIpc) is 2.26. The second-order valence-corrected chi connectivity index (χ2v) is 4.73. The van der Waals surface area contributed by atoms with Crippen LogP contribution < -0.4 is 0 Å². The van der Waals surface area contributed by atoms with Gasteiger partial charge in [-0.2, -0.15) is 0 Å². The van der Waals surface area contributed by atoms with Crippen molar-refractivity contribution < 1.29 is 10.2 Å². The van der Waals surface area contributed by atoms with Crippen LogP contribution >= 0.6 is 11.8 Å². The number of pyridine rings is 1. The first-order valence-corrected chi connectivity index (χ1v) is 5.96. The van der Waals surface area contributed by atoms with Crippen LogP contribution in [-0.2, 0) is 6.61 Å².